The lowest BCUT2D eigenvalue weighted by atomic mass is 10.1. The van der Waals surface area contributed by atoms with E-state index in [2.05, 4.69) is 114 Å². The fourth-order valence-electron chi connectivity index (χ4n) is 6.68. The number of furan rings is 1. The molecule has 0 spiro atoms. The van der Waals surface area contributed by atoms with Gasteiger partial charge in [0.1, 0.15) is 11.1 Å². The first kappa shape index (κ1) is 23.1. The van der Waals surface area contributed by atoms with Crippen molar-refractivity contribution in [2.24, 2.45) is 0 Å². The van der Waals surface area contributed by atoms with Crippen LogP contribution >= 0.6 is 11.3 Å². The van der Waals surface area contributed by atoms with Crippen LogP contribution in [0.25, 0.3) is 92.0 Å². The van der Waals surface area contributed by atoms with Gasteiger partial charge in [0.2, 0.25) is 0 Å². The van der Waals surface area contributed by atoms with Crippen LogP contribution in [-0.2, 0) is 0 Å². The number of nitrogens with zero attached hydrogens (tertiary/aromatic N) is 3. The molecule has 10 rings (SSSR count). The number of fused-ring (bicyclic) bond motifs is 11. The standard InChI is InChI=1S/C38H21N3OS/c1-2-10-22(11-3-1)37-39-35-27-20-23-12-4-5-13-24(23)21-30(27)42-36(35)38(40-37)41-28-16-8-6-14-25(28)33-29(41)18-19-32-34(33)26-15-7-9-17-31(26)43-32/h1-21H. The molecule has 0 aliphatic rings. The highest BCUT2D eigenvalue weighted by molar-refractivity contribution is 7.26. The predicted octanol–water partition coefficient (Wildman–Crippen LogP) is 10.7. The number of para-hydroxylation sites is 1. The van der Waals surface area contributed by atoms with Crippen LogP contribution in [0.2, 0.25) is 0 Å². The van der Waals surface area contributed by atoms with Gasteiger partial charge in [0.05, 0.1) is 11.0 Å². The van der Waals surface area contributed by atoms with E-state index in [4.69, 9.17) is 14.4 Å². The van der Waals surface area contributed by atoms with Gasteiger partial charge in [0, 0.05) is 41.9 Å². The molecule has 0 saturated heterocycles. The van der Waals surface area contributed by atoms with E-state index in [0.29, 0.717) is 11.4 Å². The highest BCUT2D eigenvalue weighted by Gasteiger charge is 2.23. The molecule has 4 heterocycles. The third kappa shape index (κ3) is 3.20. The summed E-state index contributed by atoms with van der Waals surface area (Å²) in [6.07, 6.45) is 0. The molecule has 200 valence electrons. The van der Waals surface area contributed by atoms with Gasteiger partial charge in [-0.05, 0) is 47.2 Å². The number of aromatic nitrogens is 3. The van der Waals surface area contributed by atoms with Gasteiger partial charge in [0.15, 0.2) is 17.2 Å². The average molecular weight is 568 g/mol. The highest BCUT2D eigenvalue weighted by atomic mass is 32.1. The molecular weight excluding hydrogens is 547 g/mol. The second kappa shape index (κ2) is 8.51. The highest BCUT2D eigenvalue weighted by Crippen LogP contribution is 2.44. The fourth-order valence-corrected chi connectivity index (χ4v) is 7.80. The van der Waals surface area contributed by atoms with Crippen molar-refractivity contribution >= 4 is 86.2 Å². The average Bonchev–Trinajstić information content (AvgIpc) is 3.72. The van der Waals surface area contributed by atoms with E-state index in [-0.39, 0.29) is 0 Å². The summed E-state index contributed by atoms with van der Waals surface area (Å²) < 4.78 is 11.6. The van der Waals surface area contributed by atoms with Gasteiger partial charge < -0.3 is 4.42 Å². The van der Waals surface area contributed by atoms with Crippen LogP contribution in [0.5, 0.6) is 0 Å². The third-order valence-corrected chi connectivity index (χ3v) is 9.72. The Morgan fingerprint density at radius 3 is 2.19 bits per heavy atom. The molecule has 0 N–H and O–H groups in total. The number of hydrogen-bond donors (Lipinski definition) is 0. The van der Waals surface area contributed by atoms with Crippen LogP contribution in [0, 0.1) is 0 Å². The minimum absolute atomic E-state index is 0.673. The van der Waals surface area contributed by atoms with Crippen molar-refractivity contribution in [3.63, 3.8) is 0 Å². The summed E-state index contributed by atoms with van der Waals surface area (Å²) in [6, 6.07) is 44.7. The fraction of sp³-hybridized carbons (Fsp3) is 0. The molecule has 0 aliphatic heterocycles. The van der Waals surface area contributed by atoms with Gasteiger partial charge in [-0.25, -0.2) is 9.97 Å². The monoisotopic (exact) mass is 567 g/mol. The maximum absolute atomic E-state index is 6.70. The summed E-state index contributed by atoms with van der Waals surface area (Å²) >= 11 is 1.84. The van der Waals surface area contributed by atoms with E-state index in [1.54, 1.807) is 0 Å². The molecule has 0 unspecified atom stereocenters. The zero-order valence-electron chi connectivity index (χ0n) is 22.8. The van der Waals surface area contributed by atoms with Gasteiger partial charge in [-0.1, -0.05) is 91.0 Å². The Kier molecular flexibility index (Phi) is 4.57. The molecule has 0 aliphatic carbocycles. The summed E-state index contributed by atoms with van der Waals surface area (Å²) in [4.78, 5) is 10.4. The van der Waals surface area contributed by atoms with Gasteiger partial charge in [-0.3, -0.25) is 4.57 Å². The van der Waals surface area contributed by atoms with Crippen LogP contribution < -0.4 is 0 Å². The van der Waals surface area contributed by atoms with Crippen molar-refractivity contribution < 1.29 is 4.42 Å². The van der Waals surface area contributed by atoms with E-state index >= 15 is 0 Å². The minimum Gasteiger partial charge on any atom is -0.450 e. The van der Waals surface area contributed by atoms with Gasteiger partial charge in [-0.15, -0.1) is 11.3 Å². The minimum atomic E-state index is 0.673. The molecule has 10 aromatic rings. The molecular formula is C38H21N3OS. The second-order valence-electron chi connectivity index (χ2n) is 11.0. The number of hydrogen-bond acceptors (Lipinski definition) is 4. The Hall–Kier alpha value is -5.52. The summed E-state index contributed by atoms with van der Waals surface area (Å²) in [5.41, 5.74) is 5.46. The quantitative estimate of drug-likeness (QED) is 0.209. The molecule has 43 heavy (non-hydrogen) atoms. The topological polar surface area (TPSA) is 43.9 Å². The van der Waals surface area contributed by atoms with Crippen LogP contribution in [0.3, 0.4) is 0 Å². The van der Waals surface area contributed by atoms with Crippen molar-refractivity contribution in [2.45, 2.75) is 0 Å². The van der Waals surface area contributed by atoms with E-state index in [0.717, 1.165) is 49.7 Å². The van der Waals surface area contributed by atoms with Crippen molar-refractivity contribution in [3.8, 4) is 17.2 Å². The zero-order chi connectivity index (χ0) is 28.1. The summed E-state index contributed by atoms with van der Waals surface area (Å²) in [5.74, 6) is 1.42. The third-order valence-electron chi connectivity index (χ3n) is 8.58. The number of benzene rings is 6. The van der Waals surface area contributed by atoms with E-state index in [1.807, 2.05) is 29.5 Å². The molecule has 0 fully saturated rings. The van der Waals surface area contributed by atoms with Crippen molar-refractivity contribution in [1.82, 2.24) is 14.5 Å². The van der Waals surface area contributed by atoms with Gasteiger partial charge in [0.25, 0.3) is 0 Å². The SMILES string of the molecule is c1ccc(-c2nc(-n3c4ccccc4c4c5c(ccc43)sc3ccccc35)c3oc4cc5ccccc5cc4c3n2)cc1. The van der Waals surface area contributed by atoms with Crippen LogP contribution in [0.15, 0.2) is 132 Å². The molecule has 4 nitrogen and oxygen atoms in total. The van der Waals surface area contributed by atoms with E-state index in [1.165, 1.54) is 30.9 Å². The van der Waals surface area contributed by atoms with Crippen LogP contribution in [-0.4, -0.2) is 14.5 Å². The van der Waals surface area contributed by atoms with Crippen LogP contribution in [0.4, 0.5) is 0 Å². The largest absolute Gasteiger partial charge is 0.450 e. The van der Waals surface area contributed by atoms with E-state index in [9.17, 15) is 0 Å². The lowest BCUT2D eigenvalue weighted by Crippen LogP contribution is -2.01. The molecule has 0 amide bonds. The predicted molar refractivity (Wildman–Crippen MR) is 179 cm³/mol. The molecule has 6 aromatic carbocycles. The Morgan fingerprint density at radius 1 is 0.558 bits per heavy atom. The summed E-state index contributed by atoms with van der Waals surface area (Å²) in [6.45, 7) is 0. The molecule has 4 aromatic heterocycles. The Morgan fingerprint density at radius 2 is 1.30 bits per heavy atom. The molecule has 0 saturated carbocycles. The first-order valence-electron chi connectivity index (χ1n) is 14.3. The summed E-state index contributed by atoms with van der Waals surface area (Å²) in [5, 5.41) is 8.28. The zero-order valence-corrected chi connectivity index (χ0v) is 23.6. The normalized spacial score (nSPS) is 12.2. The molecule has 0 bridgehead atoms. The first-order valence-corrected chi connectivity index (χ1v) is 15.2. The number of thiophene rings is 1. The van der Waals surface area contributed by atoms with Crippen molar-refractivity contribution in [2.75, 3.05) is 0 Å². The lowest BCUT2D eigenvalue weighted by Gasteiger charge is -2.10. The smallest absolute Gasteiger partial charge is 0.197 e. The Bertz CT molecular complexity index is 2730. The van der Waals surface area contributed by atoms with Gasteiger partial charge in [-0.2, -0.15) is 0 Å². The Labute approximate surface area is 249 Å². The Balaban J connectivity index is 1.41. The summed E-state index contributed by atoms with van der Waals surface area (Å²) in [7, 11) is 0. The van der Waals surface area contributed by atoms with Crippen molar-refractivity contribution in [3.05, 3.63) is 127 Å². The van der Waals surface area contributed by atoms with E-state index < -0.39 is 0 Å². The van der Waals surface area contributed by atoms with Crippen LogP contribution in [0.1, 0.15) is 0 Å². The second-order valence-corrected chi connectivity index (χ2v) is 12.1. The maximum atomic E-state index is 6.70. The number of rotatable bonds is 2. The molecule has 0 atom stereocenters. The van der Waals surface area contributed by atoms with Gasteiger partial charge >= 0.3 is 0 Å². The molecule has 0 radical (unpaired) electrons. The first-order chi connectivity index (χ1) is 21.3. The molecule has 5 heteroatoms. The lowest BCUT2D eigenvalue weighted by molar-refractivity contribution is 0.663. The van der Waals surface area contributed by atoms with Crippen molar-refractivity contribution in [1.29, 1.82) is 0 Å². The maximum Gasteiger partial charge on any atom is 0.197 e.